The number of ether oxygens (including phenoxy) is 2. The summed E-state index contributed by atoms with van der Waals surface area (Å²) in [6.45, 7) is 12.0. The van der Waals surface area contributed by atoms with Crippen molar-refractivity contribution in [2.45, 2.75) is 90.1 Å². The van der Waals surface area contributed by atoms with Gasteiger partial charge in [0.25, 0.3) is 11.1 Å². The number of methoxy groups -OCH3 is 2. The highest BCUT2D eigenvalue weighted by Gasteiger charge is 2.10. The summed E-state index contributed by atoms with van der Waals surface area (Å²) in [6.07, 6.45) is 17.4. The van der Waals surface area contributed by atoms with Crippen LogP contribution in [-0.4, -0.2) is 71.1 Å². The molecule has 0 unspecified atom stereocenters. The number of hydrogen-bond donors (Lipinski definition) is 4. The zero-order chi connectivity index (χ0) is 55.4. The molecule has 406 valence electrons. The van der Waals surface area contributed by atoms with Crippen LogP contribution < -0.4 is 11.1 Å². The number of nitrogens with zero attached hydrogens (tertiary/aromatic N) is 5. The second-order valence-electron chi connectivity index (χ2n) is 14.6. The van der Waals surface area contributed by atoms with Gasteiger partial charge in [-0.25, -0.2) is 14.6 Å². The molecule has 6 aromatic heterocycles. The Morgan fingerprint density at radius 2 is 1.12 bits per heavy atom. The molecule has 0 aliphatic rings. The number of thioether (sulfide) groups is 1. The zero-order valence-corrected chi connectivity index (χ0v) is 53.8. The van der Waals surface area contributed by atoms with Gasteiger partial charge >= 0.3 is 11.9 Å². The van der Waals surface area contributed by atoms with Gasteiger partial charge in [-0.1, -0.05) is 79.7 Å². The molecule has 0 saturated carbocycles. The minimum absolute atomic E-state index is 0. The van der Waals surface area contributed by atoms with Crippen LogP contribution in [0.1, 0.15) is 98.7 Å². The molecule has 7 rings (SSSR count). The smallest absolute Gasteiger partial charge is 0.339 e. The van der Waals surface area contributed by atoms with Crippen molar-refractivity contribution >= 4 is 131 Å². The van der Waals surface area contributed by atoms with Crippen LogP contribution in [0.4, 0.5) is 0 Å². The number of nitrogens with one attached hydrogen (secondary N) is 3. The number of halogens is 6. The van der Waals surface area contributed by atoms with Crippen LogP contribution in [0, 0.1) is 18.6 Å². The number of aromatic nitrogens is 8. The van der Waals surface area contributed by atoms with E-state index in [-0.39, 0.29) is 46.1 Å². The quantitative estimate of drug-likeness (QED) is 0.0237. The Morgan fingerprint density at radius 1 is 0.653 bits per heavy atom. The second kappa shape index (κ2) is 42.2. The molecule has 0 amide bonds. The van der Waals surface area contributed by atoms with Gasteiger partial charge in [0.1, 0.15) is 4.03 Å². The first-order chi connectivity index (χ1) is 35.4. The fourth-order valence-electron chi connectivity index (χ4n) is 5.90. The fourth-order valence-corrected chi connectivity index (χ4v) is 8.08. The van der Waals surface area contributed by atoms with Crippen LogP contribution in [0.3, 0.4) is 0 Å². The number of carbonyl (C=O) groups is 2. The van der Waals surface area contributed by atoms with E-state index in [4.69, 9.17) is 5.11 Å². The van der Waals surface area contributed by atoms with Gasteiger partial charge in [0.15, 0.2) is 9.93 Å². The molecule has 4 N–H and O–H groups in total. The number of aliphatic hydroxyl groups is 1. The molecular formula is C51H61Br5ClN8O7PS2. The molecule has 0 aliphatic carbocycles. The van der Waals surface area contributed by atoms with Crippen molar-refractivity contribution in [1.29, 1.82) is 0 Å². The fraction of sp³-hybridized carbons (Fsp3) is 0.294. The Kier molecular flexibility index (Phi) is 40.1. The van der Waals surface area contributed by atoms with Crippen LogP contribution in [0.25, 0.3) is 0 Å². The number of H-pyrrole nitrogens is 3. The van der Waals surface area contributed by atoms with Crippen molar-refractivity contribution in [3.05, 3.63) is 202 Å². The van der Waals surface area contributed by atoms with E-state index in [2.05, 4.69) is 185 Å². The predicted octanol–water partition coefficient (Wildman–Crippen LogP) is 14.2. The highest BCUT2D eigenvalue weighted by molar-refractivity contribution is 9.93. The van der Waals surface area contributed by atoms with Crippen LogP contribution in [0.15, 0.2) is 129 Å². The highest BCUT2D eigenvalue weighted by atomic mass is 80.0. The average Bonchev–Trinajstić information content (AvgIpc) is 3.40. The Bertz CT molecular complexity index is 2820. The lowest BCUT2D eigenvalue weighted by Crippen LogP contribution is -2.08. The minimum atomic E-state index is -0.362. The maximum atomic E-state index is 11.3. The molecule has 75 heavy (non-hydrogen) atoms. The number of carbonyl (C=O) groups excluding carboxylic acids is 2. The molecule has 0 radical (unpaired) electrons. The highest BCUT2D eigenvalue weighted by Crippen LogP contribution is 2.59. The molecule has 15 nitrogen and oxygen atoms in total. The van der Waals surface area contributed by atoms with Gasteiger partial charge in [-0.2, -0.15) is 0 Å². The van der Waals surface area contributed by atoms with Crippen molar-refractivity contribution in [3.8, 4) is 0 Å². The summed E-state index contributed by atoms with van der Waals surface area (Å²) in [5.74, 6) is 0.131. The largest absolute Gasteiger partial charge is 0.465 e. The summed E-state index contributed by atoms with van der Waals surface area (Å²) in [4.78, 5) is 72.0. The first kappa shape index (κ1) is 71.2. The zero-order valence-electron chi connectivity index (χ0n) is 42.5. The van der Waals surface area contributed by atoms with E-state index in [1.165, 1.54) is 66.6 Å². The van der Waals surface area contributed by atoms with Gasteiger partial charge in [-0.05, 0) is 177 Å². The van der Waals surface area contributed by atoms with E-state index in [1.807, 2.05) is 32.2 Å². The lowest BCUT2D eigenvalue weighted by atomic mass is 10.1. The molecule has 0 atom stereocenters. The number of rotatable bonds is 11. The minimum Gasteiger partial charge on any atom is -0.465 e. The van der Waals surface area contributed by atoms with E-state index in [9.17, 15) is 19.2 Å². The van der Waals surface area contributed by atoms with Crippen LogP contribution in [0.5, 0.6) is 0 Å². The Balaban J connectivity index is 0.000000875. The molecule has 0 saturated heterocycles. The van der Waals surface area contributed by atoms with E-state index in [0.717, 1.165) is 64.8 Å². The molecule has 0 bridgehead atoms. The van der Waals surface area contributed by atoms with Crippen molar-refractivity contribution in [2.24, 2.45) is 0 Å². The van der Waals surface area contributed by atoms with Crippen molar-refractivity contribution in [3.63, 3.8) is 0 Å². The Morgan fingerprint density at radius 3 is 1.57 bits per heavy atom. The third-order valence-corrected chi connectivity index (χ3v) is 11.9. The lowest BCUT2D eigenvalue weighted by Gasteiger charge is -2.06. The second-order valence-corrected chi connectivity index (χ2v) is 32.7. The first-order valence-corrected chi connectivity index (χ1v) is 33.2. The number of aryl methyl sites for hydroxylation is 6. The summed E-state index contributed by atoms with van der Waals surface area (Å²) in [5, 5.41) is 10.5. The number of benzene rings is 1. The molecule has 0 aliphatic heterocycles. The average molecular weight is 1430 g/mol. The van der Waals surface area contributed by atoms with Crippen LogP contribution in [0.2, 0.25) is 0 Å². The molecule has 24 heteroatoms. The summed E-state index contributed by atoms with van der Waals surface area (Å²) in [6, 6.07) is 18.6. The van der Waals surface area contributed by atoms with Crippen LogP contribution >= 0.6 is 119 Å². The molecular weight excluding hydrogens is 1370 g/mol. The van der Waals surface area contributed by atoms with Gasteiger partial charge in [0.2, 0.25) is 0 Å². The van der Waals surface area contributed by atoms with Crippen molar-refractivity contribution in [2.75, 3.05) is 14.2 Å². The maximum Gasteiger partial charge on any atom is 0.339 e. The summed E-state index contributed by atoms with van der Waals surface area (Å²) < 4.78 is 9.97. The molecule has 0 fully saturated rings. The number of esters is 2. The molecule has 6 heterocycles. The van der Waals surface area contributed by atoms with Crippen molar-refractivity contribution in [1.82, 2.24) is 39.9 Å². The monoisotopic (exact) mass is 1420 g/mol. The SMILES string of the molecule is BrP(Br)Br.CCc1ccccc1CBr.CCc1cnccc1C(=O)OC.CCc1cnccc1CO.CCc1cnccc1CSc1nc(C)cc(=O)[nH]1.COC(=O)c1ccncc1Br.Cc1cc(=O)[nH]c(=S)[nH]1.Cl. The van der Waals surface area contributed by atoms with Crippen molar-refractivity contribution < 1.29 is 24.2 Å². The van der Waals surface area contributed by atoms with E-state index in [1.54, 1.807) is 56.2 Å². The van der Waals surface area contributed by atoms with Gasteiger partial charge in [-0.3, -0.25) is 34.5 Å². The van der Waals surface area contributed by atoms with E-state index < -0.39 is 0 Å². The van der Waals surface area contributed by atoms with Gasteiger partial charge in [0, 0.05) is 84.2 Å². The molecule has 0 spiro atoms. The summed E-state index contributed by atoms with van der Waals surface area (Å²) in [5.41, 5.74) is 10.7. The van der Waals surface area contributed by atoms with Gasteiger partial charge < -0.3 is 24.5 Å². The number of aromatic amines is 3. The standard InChI is InChI=1S/C13H15N3OS.C9H11Br.C9H11NO2.C8H11NO.C7H6BrNO2.C5H6N2OS.Br3P.ClH/c1-3-10-7-14-5-4-11(10)8-18-13-15-9(2)6-12(17)16-13;1-2-8-5-3-4-6-9(8)7-10;1-3-7-6-10-5-4-8(7)9(11)12-2;1-2-7-5-9-4-3-8(7)6-10;1-11-7(10)5-2-3-9-4-6(5)8;1-3-2-4(8)7-5(9)6-3;1-4(2)3;/h4-7H,3,8H2,1-2H3,(H,15,16,17);3-6H,2,7H2,1H3;4-6H,3H2,1-2H3;3-5,10H,2,6H2,1H3;2-4H,1H3;2H,1H3,(H2,6,7,8,9);;1H. The number of aliphatic hydroxyl groups excluding tert-OH is 1. The van der Waals surface area contributed by atoms with Crippen LogP contribution in [-0.2, 0) is 52.8 Å². The Hall–Kier alpha value is -3.83. The third kappa shape index (κ3) is 30.1. The third-order valence-electron chi connectivity index (χ3n) is 9.56. The van der Waals surface area contributed by atoms with Gasteiger partial charge in [0.05, 0.1) is 36.4 Å². The number of alkyl halides is 1. The normalized spacial score (nSPS) is 9.64. The maximum absolute atomic E-state index is 11.3. The number of hydrogen-bond acceptors (Lipinski definition) is 14. The molecule has 1 aromatic carbocycles. The molecule has 7 aromatic rings. The van der Waals surface area contributed by atoms with Gasteiger partial charge in [-0.15, -0.1) is 12.4 Å². The lowest BCUT2D eigenvalue weighted by molar-refractivity contribution is 0.0590. The summed E-state index contributed by atoms with van der Waals surface area (Å²) >= 11 is 22.3. The predicted molar refractivity (Wildman–Crippen MR) is 327 cm³/mol. The summed E-state index contributed by atoms with van der Waals surface area (Å²) in [7, 11) is 2.72. The Labute approximate surface area is 496 Å². The number of pyridine rings is 4. The first-order valence-electron chi connectivity index (χ1n) is 22.5. The topological polar surface area (TPSA) is 219 Å². The van der Waals surface area contributed by atoms with E-state index >= 15 is 0 Å². The van der Waals surface area contributed by atoms with E-state index in [0.29, 0.717) is 25.5 Å².